The molecule has 0 bridgehead atoms. The Labute approximate surface area is 391 Å². The number of benzene rings is 8. The SMILES string of the molecule is CC1CCc2ccccc2N1C1=Cc2c(c(-c3ccc4c(c3)C(C)(C)c3ccccc3-4)c3cc(N4c5ccccc5CCC4C)ccc3c2-c2ccc3c(c2)C(C)(C)c2ccccc2-3)CC1. The molecule has 2 heteroatoms. The van der Waals surface area contributed by atoms with Crippen molar-refractivity contribution in [2.24, 2.45) is 0 Å². The van der Waals surface area contributed by atoms with E-state index in [-0.39, 0.29) is 10.8 Å². The van der Waals surface area contributed by atoms with Crippen molar-refractivity contribution in [2.75, 3.05) is 9.80 Å². The largest absolute Gasteiger partial charge is 0.342 e. The lowest BCUT2D eigenvalue weighted by Gasteiger charge is -2.40. The van der Waals surface area contributed by atoms with Crippen molar-refractivity contribution in [3.05, 3.63) is 202 Å². The van der Waals surface area contributed by atoms with Gasteiger partial charge < -0.3 is 9.80 Å². The number of para-hydroxylation sites is 2. The fraction of sp³-hybridized carbons (Fsp3) is 0.250. The molecule has 2 atom stereocenters. The van der Waals surface area contributed by atoms with Gasteiger partial charge in [-0.15, -0.1) is 0 Å². The summed E-state index contributed by atoms with van der Waals surface area (Å²) in [7, 11) is 0. The first-order chi connectivity index (χ1) is 32.1. The Kier molecular flexibility index (Phi) is 8.68. The van der Waals surface area contributed by atoms with Crippen LogP contribution in [0.4, 0.5) is 17.1 Å². The molecule has 0 saturated heterocycles. The van der Waals surface area contributed by atoms with Crippen LogP contribution in [0, 0.1) is 0 Å². The first kappa shape index (κ1) is 39.7. The Morgan fingerprint density at radius 3 is 1.58 bits per heavy atom. The summed E-state index contributed by atoms with van der Waals surface area (Å²) in [6.07, 6.45) is 9.14. The molecule has 13 rings (SSSR count). The summed E-state index contributed by atoms with van der Waals surface area (Å²) >= 11 is 0. The van der Waals surface area contributed by atoms with Gasteiger partial charge in [-0.2, -0.15) is 0 Å². The van der Waals surface area contributed by atoms with Crippen molar-refractivity contribution < 1.29 is 0 Å². The number of anilines is 3. The number of fused-ring (bicyclic) bond motifs is 10. The molecular weight excluding hydrogens is 797 g/mol. The fourth-order valence-electron chi connectivity index (χ4n) is 13.4. The molecule has 3 aliphatic carbocycles. The van der Waals surface area contributed by atoms with E-state index in [1.807, 2.05) is 0 Å². The number of aryl methyl sites for hydroxylation is 2. The lowest BCUT2D eigenvalue weighted by molar-refractivity contribution is 0.589. The van der Waals surface area contributed by atoms with Gasteiger partial charge in [0.1, 0.15) is 0 Å². The molecule has 8 aromatic rings. The minimum Gasteiger partial charge on any atom is -0.342 e. The van der Waals surface area contributed by atoms with Crippen molar-refractivity contribution in [1.82, 2.24) is 0 Å². The molecule has 0 N–H and O–H groups in total. The summed E-state index contributed by atoms with van der Waals surface area (Å²) in [5, 5.41) is 2.67. The smallest absolute Gasteiger partial charge is 0.0445 e. The lowest BCUT2D eigenvalue weighted by atomic mass is 9.76. The van der Waals surface area contributed by atoms with Crippen LogP contribution in [-0.2, 0) is 30.1 Å². The Bertz CT molecular complexity index is 3380. The van der Waals surface area contributed by atoms with Crippen molar-refractivity contribution >= 4 is 33.9 Å². The Hall–Kier alpha value is -6.64. The summed E-state index contributed by atoms with van der Waals surface area (Å²) in [6.45, 7) is 14.5. The Morgan fingerprint density at radius 2 is 0.955 bits per heavy atom. The van der Waals surface area contributed by atoms with Crippen LogP contribution in [0.25, 0.3) is 61.4 Å². The second-order valence-corrected chi connectivity index (χ2v) is 21.1. The van der Waals surface area contributed by atoms with Crippen LogP contribution < -0.4 is 9.80 Å². The predicted molar refractivity (Wildman–Crippen MR) is 279 cm³/mol. The summed E-state index contributed by atoms with van der Waals surface area (Å²) in [5.41, 5.74) is 27.5. The molecule has 324 valence electrons. The van der Waals surface area contributed by atoms with Crippen LogP contribution in [-0.4, -0.2) is 12.1 Å². The van der Waals surface area contributed by atoms with E-state index in [1.165, 1.54) is 123 Å². The first-order valence-corrected chi connectivity index (χ1v) is 24.6. The average Bonchev–Trinajstić information content (AvgIpc) is 3.71. The molecule has 2 unspecified atom stereocenters. The monoisotopic (exact) mass is 854 g/mol. The molecule has 2 heterocycles. The third kappa shape index (κ3) is 5.66. The molecule has 0 saturated carbocycles. The van der Waals surface area contributed by atoms with Crippen LogP contribution in [0.3, 0.4) is 0 Å². The maximum atomic E-state index is 2.70. The minimum absolute atomic E-state index is 0.102. The fourth-order valence-corrected chi connectivity index (χ4v) is 13.4. The van der Waals surface area contributed by atoms with Gasteiger partial charge in [0.15, 0.2) is 0 Å². The van der Waals surface area contributed by atoms with E-state index < -0.39 is 0 Å². The maximum Gasteiger partial charge on any atom is 0.0445 e. The number of hydrogen-bond acceptors (Lipinski definition) is 2. The summed E-state index contributed by atoms with van der Waals surface area (Å²) in [6, 6.07) is 59.6. The summed E-state index contributed by atoms with van der Waals surface area (Å²) < 4.78 is 0. The van der Waals surface area contributed by atoms with Gasteiger partial charge in [0.2, 0.25) is 0 Å². The molecule has 8 aromatic carbocycles. The van der Waals surface area contributed by atoms with E-state index in [4.69, 9.17) is 0 Å². The average molecular weight is 855 g/mol. The maximum absolute atomic E-state index is 2.70. The van der Waals surface area contributed by atoms with Crippen LogP contribution in [0.2, 0.25) is 0 Å². The molecule has 0 fully saturated rings. The lowest BCUT2D eigenvalue weighted by Crippen LogP contribution is -2.37. The van der Waals surface area contributed by atoms with Gasteiger partial charge in [-0.05, 0) is 195 Å². The van der Waals surface area contributed by atoms with Gasteiger partial charge in [0, 0.05) is 45.7 Å². The van der Waals surface area contributed by atoms with E-state index >= 15 is 0 Å². The zero-order chi connectivity index (χ0) is 44.6. The van der Waals surface area contributed by atoms with Crippen molar-refractivity contribution in [2.45, 2.75) is 103 Å². The zero-order valence-corrected chi connectivity index (χ0v) is 39.3. The van der Waals surface area contributed by atoms with Gasteiger partial charge in [0.05, 0.1) is 0 Å². The van der Waals surface area contributed by atoms with E-state index in [9.17, 15) is 0 Å². The highest BCUT2D eigenvalue weighted by atomic mass is 15.2. The topological polar surface area (TPSA) is 6.48 Å². The molecule has 66 heavy (non-hydrogen) atoms. The molecule has 2 aliphatic heterocycles. The highest BCUT2D eigenvalue weighted by Crippen LogP contribution is 2.55. The van der Waals surface area contributed by atoms with Crippen LogP contribution in [0.15, 0.2) is 157 Å². The summed E-state index contributed by atoms with van der Waals surface area (Å²) in [5.74, 6) is 0. The van der Waals surface area contributed by atoms with E-state index in [1.54, 1.807) is 0 Å². The molecule has 0 spiro atoms. The molecule has 0 radical (unpaired) electrons. The van der Waals surface area contributed by atoms with Gasteiger partial charge in [-0.1, -0.05) is 143 Å². The zero-order valence-electron chi connectivity index (χ0n) is 39.3. The minimum atomic E-state index is -0.106. The number of nitrogens with zero attached hydrogens (tertiary/aromatic N) is 2. The van der Waals surface area contributed by atoms with Crippen molar-refractivity contribution in [3.63, 3.8) is 0 Å². The normalized spacial score (nSPS) is 19.3. The predicted octanol–water partition coefficient (Wildman–Crippen LogP) is 16.4. The van der Waals surface area contributed by atoms with Crippen molar-refractivity contribution in [1.29, 1.82) is 0 Å². The van der Waals surface area contributed by atoms with Gasteiger partial charge in [0.25, 0.3) is 0 Å². The second-order valence-electron chi connectivity index (χ2n) is 21.1. The van der Waals surface area contributed by atoms with Gasteiger partial charge >= 0.3 is 0 Å². The quantitative estimate of drug-likeness (QED) is 0.174. The van der Waals surface area contributed by atoms with E-state index in [0.717, 1.165) is 38.5 Å². The van der Waals surface area contributed by atoms with Gasteiger partial charge in [-0.3, -0.25) is 0 Å². The van der Waals surface area contributed by atoms with E-state index in [0.29, 0.717) is 12.1 Å². The highest BCUT2D eigenvalue weighted by molar-refractivity contribution is 6.12. The molecule has 0 amide bonds. The van der Waals surface area contributed by atoms with Crippen LogP contribution >= 0.6 is 0 Å². The third-order valence-electron chi connectivity index (χ3n) is 16.8. The van der Waals surface area contributed by atoms with Crippen molar-refractivity contribution in [3.8, 4) is 44.5 Å². The third-order valence-corrected chi connectivity index (χ3v) is 16.8. The Morgan fingerprint density at radius 1 is 0.439 bits per heavy atom. The standard InChI is InChI=1S/C64H58N2/c1-39-23-25-41-15-7-13-21-59(41)65(39)45-29-33-51-53(37-45)61(43-27-31-49-47-17-9-11-19-55(47)63(3,4)57(49)35-43)52-34-30-46(66-40(2)24-26-42-16-8-14-22-60(42)66)38-54(52)62(51)44-28-32-50-48-18-10-12-20-56(48)64(5,6)58(50)36-44/h7-22,27-29,31-33,35-40H,23-26,30,34H2,1-6H3. The van der Waals surface area contributed by atoms with Crippen LogP contribution in [0.5, 0.6) is 0 Å². The number of rotatable bonds is 4. The number of hydrogen-bond donors (Lipinski definition) is 0. The summed E-state index contributed by atoms with van der Waals surface area (Å²) in [4.78, 5) is 5.33. The number of allylic oxidation sites excluding steroid dienone is 1. The van der Waals surface area contributed by atoms with Gasteiger partial charge in [-0.25, -0.2) is 0 Å². The van der Waals surface area contributed by atoms with E-state index in [2.05, 4.69) is 209 Å². The molecule has 0 aromatic heterocycles. The molecule has 5 aliphatic rings. The molecule has 2 nitrogen and oxygen atoms in total. The highest BCUT2D eigenvalue weighted by Gasteiger charge is 2.38. The second kappa shape index (κ2) is 14.4. The first-order valence-electron chi connectivity index (χ1n) is 24.6. The van der Waals surface area contributed by atoms with Crippen LogP contribution in [0.1, 0.15) is 105 Å². The molecular formula is C64H58N2. The Balaban J connectivity index is 1.11.